The van der Waals surface area contributed by atoms with Crippen LogP contribution in [0, 0.1) is 5.92 Å². The third-order valence-electron chi connectivity index (χ3n) is 6.33. The summed E-state index contributed by atoms with van der Waals surface area (Å²) >= 11 is 1.87. The number of carboxylic acid groups (broad SMARTS) is 1. The minimum Gasteiger partial charge on any atom is -0.481 e. The highest BCUT2D eigenvalue weighted by molar-refractivity contribution is 7.19. The predicted octanol–water partition coefficient (Wildman–Crippen LogP) is 6.18. The number of carbonyl (C=O) groups is 2. The first-order valence-electron chi connectivity index (χ1n) is 11.3. The number of anilines is 1. The molecule has 4 rings (SSSR count). The van der Waals surface area contributed by atoms with Crippen LogP contribution < -0.4 is 5.32 Å². The number of benzene rings is 2. The van der Waals surface area contributed by atoms with Gasteiger partial charge in [0.15, 0.2) is 0 Å². The van der Waals surface area contributed by atoms with Crippen LogP contribution in [0.3, 0.4) is 0 Å². The predicted molar refractivity (Wildman–Crippen MR) is 130 cm³/mol. The average Bonchev–Trinajstić information content (AvgIpc) is 3.25. The molecule has 1 aliphatic carbocycles. The van der Waals surface area contributed by atoms with E-state index < -0.39 is 5.97 Å². The standard InChI is InChI=1S/C26H30N2O3S/c1-28(16-15-24(29)30)26(31)19-11-13-21(14-12-19)27-25(18-7-3-2-4-8-18)23-17-20-9-5-6-10-22(20)32-23/h5-6,9-14,17-18,25,27H,2-4,7-8,15-16H2,1H3,(H,29,30). The number of fused-ring (bicyclic) bond motifs is 1. The van der Waals surface area contributed by atoms with Crippen molar-refractivity contribution in [2.24, 2.45) is 5.92 Å². The lowest BCUT2D eigenvalue weighted by atomic mass is 9.83. The minimum atomic E-state index is -0.904. The number of nitrogens with one attached hydrogen (secondary N) is 1. The van der Waals surface area contributed by atoms with E-state index in [1.165, 1.54) is 52.0 Å². The van der Waals surface area contributed by atoms with Gasteiger partial charge in [-0.05, 0) is 60.5 Å². The number of carbonyl (C=O) groups excluding carboxylic acids is 1. The summed E-state index contributed by atoms with van der Waals surface area (Å²) < 4.78 is 1.32. The molecule has 1 amide bonds. The number of aliphatic carboxylic acids is 1. The summed E-state index contributed by atoms with van der Waals surface area (Å²) in [6, 6.07) is 18.7. The van der Waals surface area contributed by atoms with Crippen molar-refractivity contribution in [2.45, 2.75) is 44.6 Å². The molecule has 1 heterocycles. The number of nitrogens with zero attached hydrogens (tertiary/aromatic N) is 1. The lowest BCUT2D eigenvalue weighted by Crippen LogP contribution is -2.29. The van der Waals surface area contributed by atoms with E-state index in [0.717, 1.165) is 5.69 Å². The Morgan fingerprint density at radius 3 is 2.50 bits per heavy atom. The molecule has 1 saturated carbocycles. The van der Waals surface area contributed by atoms with Crippen molar-refractivity contribution in [3.8, 4) is 0 Å². The first-order valence-corrected chi connectivity index (χ1v) is 12.2. The Hall–Kier alpha value is -2.86. The van der Waals surface area contributed by atoms with Gasteiger partial charge >= 0.3 is 5.97 Å². The molecule has 1 aromatic heterocycles. The van der Waals surface area contributed by atoms with Crippen LogP contribution in [0.15, 0.2) is 54.6 Å². The Kier molecular flexibility index (Phi) is 7.10. The maximum Gasteiger partial charge on any atom is 0.305 e. The summed E-state index contributed by atoms with van der Waals surface area (Å²) in [4.78, 5) is 26.2. The molecule has 1 atom stereocenters. The Bertz CT molecular complexity index is 1040. The van der Waals surface area contributed by atoms with Crippen LogP contribution in [-0.4, -0.2) is 35.5 Å². The molecular formula is C26H30N2O3S. The highest BCUT2D eigenvalue weighted by atomic mass is 32.1. The zero-order valence-corrected chi connectivity index (χ0v) is 19.2. The summed E-state index contributed by atoms with van der Waals surface area (Å²) in [7, 11) is 1.64. The molecule has 2 aromatic carbocycles. The highest BCUT2D eigenvalue weighted by Crippen LogP contribution is 2.41. The van der Waals surface area contributed by atoms with Gasteiger partial charge in [-0.3, -0.25) is 9.59 Å². The van der Waals surface area contributed by atoms with Gasteiger partial charge in [0, 0.05) is 34.4 Å². The quantitative estimate of drug-likeness (QED) is 0.430. The van der Waals surface area contributed by atoms with Crippen LogP contribution in [0.1, 0.15) is 59.8 Å². The zero-order chi connectivity index (χ0) is 22.5. The van der Waals surface area contributed by atoms with E-state index in [1.54, 1.807) is 7.05 Å². The molecule has 0 spiro atoms. The Labute approximate surface area is 193 Å². The topological polar surface area (TPSA) is 69.6 Å². The van der Waals surface area contributed by atoms with E-state index in [0.29, 0.717) is 11.5 Å². The van der Waals surface area contributed by atoms with Gasteiger partial charge in [-0.1, -0.05) is 37.5 Å². The van der Waals surface area contributed by atoms with Crippen molar-refractivity contribution >= 4 is 39.0 Å². The smallest absolute Gasteiger partial charge is 0.305 e. The number of thiophene rings is 1. The number of amides is 1. The molecule has 168 valence electrons. The van der Waals surface area contributed by atoms with Gasteiger partial charge in [0.1, 0.15) is 0 Å². The molecule has 5 nitrogen and oxygen atoms in total. The van der Waals surface area contributed by atoms with Crippen molar-refractivity contribution in [3.63, 3.8) is 0 Å². The zero-order valence-electron chi connectivity index (χ0n) is 18.4. The molecule has 3 aromatic rings. The SMILES string of the molecule is CN(CCC(=O)O)C(=O)c1ccc(NC(c2cc3ccccc3s2)C2CCCCC2)cc1. The van der Waals surface area contributed by atoms with Gasteiger partial charge < -0.3 is 15.3 Å². The number of rotatable bonds is 8. The second-order valence-electron chi connectivity index (χ2n) is 8.65. The van der Waals surface area contributed by atoms with E-state index in [9.17, 15) is 9.59 Å². The van der Waals surface area contributed by atoms with Crippen LogP contribution in [0.4, 0.5) is 5.69 Å². The number of hydrogen-bond donors (Lipinski definition) is 2. The van der Waals surface area contributed by atoms with Crippen LogP contribution in [-0.2, 0) is 4.79 Å². The maximum atomic E-state index is 12.6. The lowest BCUT2D eigenvalue weighted by molar-refractivity contribution is -0.137. The molecule has 32 heavy (non-hydrogen) atoms. The van der Waals surface area contributed by atoms with Crippen LogP contribution >= 0.6 is 11.3 Å². The van der Waals surface area contributed by atoms with Gasteiger partial charge in [-0.25, -0.2) is 0 Å². The summed E-state index contributed by atoms with van der Waals surface area (Å²) in [6.07, 6.45) is 6.30. The molecule has 0 bridgehead atoms. The fourth-order valence-corrected chi connectivity index (χ4v) is 5.73. The number of hydrogen-bond acceptors (Lipinski definition) is 4. The van der Waals surface area contributed by atoms with Crippen molar-refractivity contribution in [1.82, 2.24) is 4.90 Å². The second kappa shape index (κ2) is 10.2. The fourth-order valence-electron chi connectivity index (χ4n) is 4.52. The van der Waals surface area contributed by atoms with E-state index in [4.69, 9.17) is 5.11 Å². The molecule has 6 heteroatoms. The van der Waals surface area contributed by atoms with Crippen LogP contribution in [0.25, 0.3) is 10.1 Å². The molecular weight excluding hydrogens is 420 g/mol. The average molecular weight is 451 g/mol. The summed E-state index contributed by atoms with van der Waals surface area (Å²) in [5.74, 6) is -0.467. The van der Waals surface area contributed by atoms with E-state index in [2.05, 4.69) is 35.6 Å². The summed E-state index contributed by atoms with van der Waals surface area (Å²) in [5, 5.41) is 13.9. The molecule has 0 radical (unpaired) electrons. The number of carboxylic acids is 1. The molecule has 2 N–H and O–H groups in total. The Morgan fingerprint density at radius 2 is 1.81 bits per heavy atom. The van der Waals surface area contributed by atoms with Gasteiger partial charge in [0.2, 0.25) is 0 Å². The largest absolute Gasteiger partial charge is 0.481 e. The maximum absolute atomic E-state index is 12.6. The van der Waals surface area contributed by atoms with E-state index in [1.807, 2.05) is 35.6 Å². The van der Waals surface area contributed by atoms with Crippen molar-refractivity contribution in [1.29, 1.82) is 0 Å². The van der Waals surface area contributed by atoms with Crippen LogP contribution in [0.5, 0.6) is 0 Å². The van der Waals surface area contributed by atoms with E-state index in [-0.39, 0.29) is 24.9 Å². The van der Waals surface area contributed by atoms with Gasteiger partial charge in [-0.2, -0.15) is 0 Å². The fraction of sp³-hybridized carbons (Fsp3) is 0.385. The first kappa shape index (κ1) is 22.3. The van der Waals surface area contributed by atoms with Crippen molar-refractivity contribution < 1.29 is 14.7 Å². The molecule has 0 aliphatic heterocycles. The van der Waals surface area contributed by atoms with Gasteiger partial charge in [0.25, 0.3) is 5.91 Å². The van der Waals surface area contributed by atoms with Crippen molar-refractivity contribution in [2.75, 3.05) is 18.9 Å². The summed E-state index contributed by atoms with van der Waals surface area (Å²) in [5.41, 5.74) is 1.57. The normalized spacial score (nSPS) is 15.4. The Balaban J connectivity index is 1.51. The van der Waals surface area contributed by atoms with Crippen molar-refractivity contribution in [3.05, 3.63) is 65.0 Å². The molecule has 0 saturated heterocycles. The monoisotopic (exact) mass is 450 g/mol. The van der Waals surface area contributed by atoms with E-state index >= 15 is 0 Å². The lowest BCUT2D eigenvalue weighted by Gasteiger charge is -2.31. The second-order valence-corrected chi connectivity index (χ2v) is 9.77. The van der Waals surface area contributed by atoms with Gasteiger partial charge in [0.05, 0.1) is 12.5 Å². The third kappa shape index (κ3) is 5.30. The minimum absolute atomic E-state index is 0.0554. The highest BCUT2D eigenvalue weighted by Gasteiger charge is 2.26. The molecule has 1 unspecified atom stereocenters. The Morgan fingerprint density at radius 1 is 1.09 bits per heavy atom. The third-order valence-corrected chi connectivity index (χ3v) is 7.53. The summed E-state index contributed by atoms with van der Waals surface area (Å²) in [6.45, 7) is 0.198. The molecule has 1 fully saturated rings. The van der Waals surface area contributed by atoms with Crippen LogP contribution in [0.2, 0.25) is 0 Å². The first-order chi connectivity index (χ1) is 15.5. The van der Waals surface area contributed by atoms with Gasteiger partial charge in [-0.15, -0.1) is 11.3 Å². The molecule has 1 aliphatic rings.